The van der Waals surface area contributed by atoms with E-state index in [0.29, 0.717) is 0 Å². The van der Waals surface area contributed by atoms with E-state index < -0.39 is 0 Å². The van der Waals surface area contributed by atoms with Gasteiger partial charge in [-0.1, -0.05) is 12.1 Å². The molecule has 1 aliphatic heterocycles. The summed E-state index contributed by atoms with van der Waals surface area (Å²) in [5.41, 5.74) is 7.54. The Morgan fingerprint density at radius 2 is 1.71 bits per heavy atom. The van der Waals surface area contributed by atoms with Gasteiger partial charge in [0.05, 0.1) is 12.3 Å². The van der Waals surface area contributed by atoms with Crippen LogP contribution in [0.4, 0.5) is 5.69 Å². The maximum atomic E-state index is 6.24. The van der Waals surface area contributed by atoms with Gasteiger partial charge in [-0.25, -0.2) is 5.06 Å². The summed E-state index contributed by atoms with van der Waals surface area (Å²) in [6, 6.07) is 7.67. The quantitative estimate of drug-likeness (QED) is 0.673. The van der Waals surface area contributed by atoms with Crippen molar-refractivity contribution in [3.63, 3.8) is 0 Å². The molecule has 3 heteroatoms. The van der Waals surface area contributed by atoms with Crippen LogP contribution in [0.25, 0.3) is 0 Å². The van der Waals surface area contributed by atoms with E-state index in [1.165, 1.54) is 95.1 Å². The zero-order valence-electron chi connectivity index (χ0n) is 17.2. The van der Waals surface area contributed by atoms with Gasteiger partial charge in [0.15, 0.2) is 0 Å². The molecule has 0 aromatic heterocycles. The normalized spacial score (nSPS) is 27.3. The van der Waals surface area contributed by atoms with E-state index in [-0.39, 0.29) is 0 Å². The number of rotatable bonds is 6. The van der Waals surface area contributed by atoms with E-state index in [9.17, 15) is 0 Å². The summed E-state index contributed by atoms with van der Waals surface area (Å²) >= 11 is 0. The highest BCUT2D eigenvalue weighted by Gasteiger charge is 2.36. The van der Waals surface area contributed by atoms with Gasteiger partial charge in [0, 0.05) is 24.8 Å². The largest absolute Gasteiger partial charge is 0.299 e. The van der Waals surface area contributed by atoms with E-state index in [1.54, 1.807) is 16.7 Å². The Hall–Kier alpha value is -1.32. The molecule has 1 unspecified atom stereocenters. The summed E-state index contributed by atoms with van der Waals surface area (Å²) in [6.07, 6.45) is 14.7. The van der Waals surface area contributed by atoms with E-state index in [1.807, 2.05) is 0 Å². The van der Waals surface area contributed by atoms with Crippen molar-refractivity contribution in [2.45, 2.75) is 76.7 Å². The minimum atomic E-state index is 0.734. The highest BCUT2D eigenvalue weighted by Crippen LogP contribution is 2.42. The molecule has 0 N–H and O–H groups in total. The molecule has 4 aliphatic carbocycles. The number of hydrogen-bond acceptors (Lipinski definition) is 3. The molecule has 0 saturated heterocycles. The van der Waals surface area contributed by atoms with Crippen molar-refractivity contribution in [2.24, 2.45) is 11.8 Å². The van der Waals surface area contributed by atoms with E-state index in [4.69, 9.17) is 4.84 Å². The number of allylic oxidation sites excluding steroid dienone is 1. The van der Waals surface area contributed by atoms with Crippen molar-refractivity contribution < 1.29 is 4.84 Å². The number of benzene rings is 1. The second kappa shape index (κ2) is 7.18. The molecule has 1 heterocycles. The van der Waals surface area contributed by atoms with Crippen LogP contribution in [0.2, 0.25) is 0 Å². The minimum absolute atomic E-state index is 0.734. The second-order valence-electron chi connectivity index (χ2n) is 9.98. The molecule has 0 radical (unpaired) electrons. The van der Waals surface area contributed by atoms with E-state index >= 15 is 0 Å². The monoisotopic (exact) mass is 378 g/mol. The van der Waals surface area contributed by atoms with Gasteiger partial charge in [-0.2, -0.15) is 0 Å². The molecule has 1 aromatic carbocycles. The Balaban J connectivity index is 1.27. The van der Waals surface area contributed by atoms with Gasteiger partial charge in [-0.05, 0) is 105 Å². The molecular formula is C25H34N2O. The molecule has 0 bridgehead atoms. The van der Waals surface area contributed by atoms with Gasteiger partial charge >= 0.3 is 0 Å². The van der Waals surface area contributed by atoms with Gasteiger partial charge in [0.25, 0.3) is 0 Å². The van der Waals surface area contributed by atoms with Crippen LogP contribution in [0, 0.1) is 11.8 Å². The Bertz CT molecular complexity index is 763. The fourth-order valence-corrected chi connectivity index (χ4v) is 5.68. The van der Waals surface area contributed by atoms with Crippen LogP contribution in [0.15, 0.2) is 29.5 Å². The molecule has 2 fully saturated rings. The molecule has 1 aromatic rings. The number of hydroxylamine groups is 1. The number of anilines is 1. The summed E-state index contributed by atoms with van der Waals surface area (Å²) in [6.45, 7) is 3.53. The molecule has 6 rings (SSSR count). The molecule has 0 amide bonds. The Kier molecular flexibility index (Phi) is 4.49. The van der Waals surface area contributed by atoms with E-state index in [0.717, 1.165) is 24.5 Å². The van der Waals surface area contributed by atoms with Gasteiger partial charge in [0.2, 0.25) is 0 Å². The lowest BCUT2D eigenvalue weighted by atomic mass is 9.85. The predicted molar refractivity (Wildman–Crippen MR) is 113 cm³/mol. The lowest BCUT2D eigenvalue weighted by Gasteiger charge is -2.37. The summed E-state index contributed by atoms with van der Waals surface area (Å²) in [5, 5.41) is 2.24. The predicted octanol–water partition coefficient (Wildman–Crippen LogP) is 5.25. The third-order valence-electron chi connectivity index (χ3n) is 7.71. The first-order chi connectivity index (χ1) is 13.8. The first-order valence-electron chi connectivity index (χ1n) is 11.8. The van der Waals surface area contributed by atoms with Crippen LogP contribution in [-0.2, 0) is 17.7 Å². The van der Waals surface area contributed by atoms with Gasteiger partial charge in [-0.3, -0.25) is 9.74 Å². The van der Waals surface area contributed by atoms with Crippen molar-refractivity contribution >= 4 is 5.69 Å². The third kappa shape index (κ3) is 3.41. The van der Waals surface area contributed by atoms with Crippen LogP contribution in [0.1, 0.15) is 68.9 Å². The standard InChI is InChI=1S/C25H34N2O/c1-2-6-24-21(4-1)17-28-27(24)25-7-3-5-20-12-13-22(14-23(20)25)26(15-18-8-9-18)16-19-10-11-19/h3,5,7,18-19,22H,1-2,4,6,8-17H2. The number of aryl methyl sites for hydroxylation is 1. The summed E-state index contributed by atoms with van der Waals surface area (Å²) < 4.78 is 0. The van der Waals surface area contributed by atoms with Gasteiger partial charge in [0.1, 0.15) is 0 Å². The molecule has 28 heavy (non-hydrogen) atoms. The molecule has 3 nitrogen and oxygen atoms in total. The zero-order chi connectivity index (χ0) is 18.5. The van der Waals surface area contributed by atoms with Crippen molar-refractivity contribution in [3.8, 4) is 0 Å². The van der Waals surface area contributed by atoms with Gasteiger partial charge < -0.3 is 0 Å². The number of fused-ring (bicyclic) bond motifs is 1. The van der Waals surface area contributed by atoms with Crippen LogP contribution in [0.3, 0.4) is 0 Å². The maximum absolute atomic E-state index is 6.24. The van der Waals surface area contributed by atoms with Crippen molar-refractivity contribution in [1.82, 2.24) is 4.90 Å². The molecular weight excluding hydrogens is 344 g/mol. The first kappa shape index (κ1) is 17.5. The number of hydrogen-bond donors (Lipinski definition) is 0. The third-order valence-corrected chi connectivity index (χ3v) is 7.71. The molecule has 5 aliphatic rings. The lowest BCUT2D eigenvalue weighted by Crippen LogP contribution is -2.42. The Morgan fingerprint density at radius 3 is 2.50 bits per heavy atom. The summed E-state index contributed by atoms with van der Waals surface area (Å²) in [4.78, 5) is 9.14. The highest BCUT2D eigenvalue weighted by atomic mass is 16.7. The molecule has 0 spiro atoms. The van der Waals surface area contributed by atoms with Crippen LogP contribution in [-0.4, -0.2) is 30.6 Å². The number of nitrogens with zero attached hydrogens (tertiary/aromatic N) is 2. The van der Waals surface area contributed by atoms with Gasteiger partial charge in [-0.15, -0.1) is 0 Å². The fourth-order valence-electron chi connectivity index (χ4n) is 5.68. The summed E-state index contributed by atoms with van der Waals surface area (Å²) in [7, 11) is 0. The maximum Gasteiger partial charge on any atom is 0.0984 e. The SMILES string of the molecule is c1cc2c(c(N3OCC4=C3CCCC4)c1)CC(N(CC1CC1)CC1CC1)CC2. The van der Waals surface area contributed by atoms with Crippen LogP contribution < -0.4 is 5.06 Å². The minimum Gasteiger partial charge on any atom is -0.299 e. The summed E-state index contributed by atoms with van der Waals surface area (Å²) in [5.74, 6) is 1.99. The molecule has 2 saturated carbocycles. The van der Waals surface area contributed by atoms with Crippen molar-refractivity contribution in [1.29, 1.82) is 0 Å². The zero-order valence-corrected chi connectivity index (χ0v) is 17.2. The van der Waals surface area contributed by atoms with Crippen LogP contribution >= 0.6 is 0 Å². The lowest BCUT2D eigenvalue weighted by molar-refractivity contribution is 0.159. The van der Waals surface area contributed by atoms with E-state index in [2.05, 4.69) is 28.2 Å². The Morgan fingerprint density at radius 1 is 0.929 bits per heavy atom. The topological polar surface area (TPSA) is 15.7 Å². The second-order valence-corrected chi connectivity index (χ2v) is 9.98. The first-order valence-corrected chi connectivity index (χ1v) is 11.8. The molecule has 1 atom stereocenters. The molecule has 150 valence electrons. The average Bonchev–Trinajstić information content (AvgIpc) is 3.67. The van der Waals surface area contributed by atoms with Crippen molar-refractivity contribution in [2.75, 3.05) is 24.8 Å². The smallest absolute Gasteiger partial charge is 0.0984 e. The fraction of sp³-hybridized carbons (Fsp3) is 0.680. The highest BCUT2D eigenvalue weighted by molar-refractivity contribution is 5.61. The van der Waals surface area contributed by atoms with Crippen molar-refractivity contribution in [3.05, 3.63) is 40.6 Å². The average molecular weight is 379 g/mol. The van der Waals surface area contributed by atoms with Crippen LogP contribution in [0.5, 0.6) is 0 Å². The Labute approximate surface area is 169 Å².